The Kier molecular flexibility index (Phi) is 4.69. The summed E-state index contributed by atoms with van der Waals surface area (Å²) in [6, 6.07) is 23.3. The van der Waals surface area contributed by atoms with Gasteiger partial charge in [0.1, 0.15) is 0 Å². The molecule has 0 aliphatic heterocycles. The predicted molar refractivity (Wildman–Crippen MR) is 109 cm³/mol. The molecule has 4 rings (SSSR count). The minimum atomic E-state index is -0.171. The first kappa shape index (κ1) is 17.1. The van der Waals surface area contributed by atoms with Crippen molar-refractivity contribution in [2.45, 2.75) is 6.92 Å². The normalized spacial score (nSPS) is 11.0. The van der Waals surface area contributed by atoms with E-state index in [0.29, 0.717) is 26.2 Å². The van der Waals surface area contributed by atoms with Crippen molar-refractivity contribution in [2.24, 2.45) is 0 Å². The third kappa shape index (κ3) is 3.34. The molecule has 4 heteroatoms. The molecule has 0 spiro atoms. The summed E-state index contributed by atoms with van der Waals surface area (Å²) < 4.78 is 8.01. The van der Waals surface area contributed by atoms with Crippen LogP contribution < -0.4 is 14.4 Å². The molecule has 0 radical (unpaired) electrons. The van der Waals surface area contributed by atoms with E-state index < -0.39 is 0 Å². The van der Waals surface area contributed by atoms with Crippen molar-refractivity contribution < 1.29 is 4.42 Å². The van der Waals surface area contributed by atoms with Gasteiger partial charge in [-0.15, -0.1) is 0 Å². The van der Waals surface area contributed by atoms with E-state index in [1.807, 2.05) is 30.3 Å². The number of aryl methyl sites for hydroxylation is 1. The van der Waals surface area contributed by atoms with Crippen LogP contribution in [0.2, 0.25) is 5.02 Å². The Bertz CT molecular complexity index is 1130. The Morgan fingerprint density at radius 1 is 0.923 bits per heavy atom. The van der Waals surface area contributed by atoms with E-state index in [0.717, 1.165) is 10.0 Å². The molecule has 0 unspecified atom stereocenters. The van der Waals surface area contributed by atoms with Gasteiger partial charge in [0.25, 0.3) is 0 Å². The summed E-state index contributed by atoms with van der Waals surface area (Å²) in [5.41, 5.74) is 2.66. The Morgan fingerprint density at radius 2 is 1.65 bits per heavy atom. The van der Waals surface area contributed by atoms with E-state index in [1.54, 1.807) is 18.2 Å². The van der Waals surface area contributed by atoms with E-state index >= 15 is 0 Å². The fraction of sp³-hybridized carbons (Fsp3) is 0.0455. The van der Waals surface area contributed by atoms with Gasteiger partial charge in [-0.25, -0.2) is 0 Å². The number of hydrogen-bond donors (Lipinski definition) is 0. The topological polar surface area (TPSA) is 30.2 Å². The molecular formula is C22H15ClO2Se. The van der Waals surface area contributed by atoms with Crippen molar-refractivity contribution in [2.75, 3.05) is 0 Å². The molecule has 0 aliphatic carbocycles. The molecule has 128 valence electrons. The van der Waals surface area contributed by atoms with Crippen LogP contribution in [0.5, 0.6) is 0 Å². The molecule has 0 saturated carbocycles. The molecule has 0 saturated heterocycles. The molecule has 0 aliphatic rings. The number of fused-ring (bicyclic) bond motifs is 1. The Hall–Kier alpha value is -2.32. The molecule has 0 atom stereocenters. The van der Waals surface area contributed by atoms with Crippen LogP contribution in [0.4, 0.5) is 0 Å². The summed E-state index contributed by atoms with van der Waals surface area (Å²) in [4.78, 5) is 13.2. The molecule has 4 aromatic rings. The molecule has 0 bridgehead atoms. The van der Waals surface area contributed by atoms with Gasteiger partial charge in [-0.3, -0.25) is 0 Å². The molecule has 0 fully saturated rings. The van der Waals surface area contributed by atoms with Crippen molar-refractivity contribution >= 4 is 46.5 Å². The first-order valence-electron chi connectivity index (χ1n) is 8.18. The third-order valence-electron chi connectivity index (χ3n) is 4.09. The Balaban J connectivity index is 1.96. The van der Waals surface area contributed by atoms with Crippen LogP contribution >= 0.6 is 11.6 Å². The molecule has 3 aromatic carbocycles. The predicted octanol–water partition coefficient (Wildman–Crippen LogP) is 4.08. The molecule has 1 heterocycles. The van der Waals surface area contributed by atoms with E-state index in [-0.39, 0.29) is 20.4 Å². The quantitative estimate of drug-likeness (QED) is 0.463. The average molecular weight is 426 g/mol. The van der Waals surface area contributed by atoms with Crippen molar-refractivity contribution in [3.63, 3.8) is 0 Å². The number of benzene rings is 3. The summed E-state index contributed by atoms with van der Waals surface area (Å²) >= 11 is 5.93. The standard InChI is InChI=1S/C22H15ClO2Se/c1-14-7-10-17(11-8-14)26-22-20(24)18-13-16(23)9-12-19(18)25-21(22)15-5-3-2-4-6-15/h2-13H,1H3. The molecule has 1 aromatic heterocycles. The first-order valence-corrected chi connectivity index (χ1v) is 10.3. The summed E-state index contributed by atoms with van der Waals surface area (Å²) in [5.74, 6) is 0.644. The zero-order valence-corrected chi connectivity index (χ0v) is 16.5. The molecule has 2 nitrogen and oxygen atoms in total. The maximum atomic E-state index is 13.2. The van der Waals surface area contributed by atoms with Gasteiger partial charge in [-0.05, 0) is 0 Å². The van der Waals surface area contributed by atoms with Crippen LogP contribution in [-0.4, -0.2) is 15.0 Å². The zero-order valence-electron chi connectivity index (χ0n) is 14.0. The van der Waals surface area contributed by atoms with Crippen LogP contribution in [-0.2, 0) is 0 Å². The van der Waals surface area contributed by atoms with Crippen LogP contribution in [0.3, 0.4) is 0 Å². The fourth-order valence-electron chi connectivity index (χ4n) is 2.75. The first-order chi connectivity index (χ1) is 12.6. The number of rotatable bonds is 3. The van der Waals surface area contributed by atoms with Crippen molar-refractivity contribution in [3.8, 4) is 11.3 Å². The zero-order chi connectivity index (χ0) is 18.1. The maximum absolute atomic E-state index is 13.2. The van der Waals surface area contributed by atoms with E-state index in [1.165, 1.54) is 5.56 Å². The van der Waals surface area contributed by atoms with Crippen LogP contribution in [0.25, 0.3) is 22.3 Å². The summed E-state index contributed by atoms with van der Waals surface area (Å²) in [5, 5.41) is 1.06. The number of hydrogen-bond acceptors (Lipinski definition) is 2. The monoisotopic (exact) mass is 426 g/mol. The van der Waals surface area contributed by atoms with Gasteiger partial charge in [0, 0.05) is 0 Å². The van der Waals surface area contributed by atoms with E-state index in [9.17, 15) is 4.79 Å². The third-order valence-corrected chi connectivity index (χ3v) is 6.59. The molecular weight excluding hydrogens is 411 g/mol. The molecule has 26 heavy (non-hydrogen) atoms. The van der Waals surface area contributed by atoms with Gasteiger partial charge in [-0.2, -0.15) is 0 Å². The fourth-order valence-corrected chi connectivity index (χ4v) is 4.94. The second-order valence-corrected chi connectivity index (χ2v) is 8.72. The summed E-state index contributed by atoms with van der Waals surface area (Å²) in [6.07, 6.45) is 0. The van der Waals surface area contributed by atoms with Gasteiger partial charge in [0.05, 0.1) is 0 Å². The summed E-state index contributed by atoms with van der Waals surface area (Å²) in [7, 11) is 0. The van der Waals surface area contributed by atoms with Crippen molar-refractivity contribution in [1.29, 1.82) is 0 Å². The van der Waals surface area contributed by atoms with Gasteiger partial charge in [-0.1, -0.05) is 0 Å². The second-order valence-electron chi connectivity index (χ2n) is 6.01. The van der Waals surface area contributed by atoms with E-state index in [4.69, 9.17) is 16.0 Å². The molecule has 0 amide bonds. The van der Waals surface area contributed by atoms with Crippen molar-refractivity contribution in [1.82, 2.24) is 0 Å². The van der Waals surface area contributed by atoms with Crippen LogP contribution in [0.1, 0.15) is 5.56 Å². The second kappa shape index (κ2) is 7.12. The average Bonchev–Trinajstić information content (AvgIpc) is 2.66. The van der Waals surface area contributed by atoms with Gasteiger partial charge >= 0.3 is 163 Å². The Morgan fingerprint density at radius 3 is 2.38 bits per heavy atom. The number of halogens is 1. The van der Waals surface area contributed by atoms with Crippen LogP contribution in [0.15, 0.2) is 82.0 Å². The van der Waals surface area contributed by atoms with Gasteiger partial charge in [0.15, 0.2) is 0 Å². The van der Waals surface area contributed by atoms with E-state index in [2.05, 4.69) is 31.2 Å². The molecule has 0 N–H and O–H groups in total. The minimum absolute atomic E-state index is 0.00632. The van der Waals surface area contributed by atoms with Crippen molar-refractivity contribution in [3.05, 3.63) is 93.6 Å². The Labute approximate surface area is 162 Å². The van der Waals surface area contributed by atoms with Gasteiger partial charge in [0.2, 0.25) is 0 Å². The van der Waals surface area contributed by atoms with Gasteiger partial charge < -0.3 is 0 Å². The SMILES string of the molecule is Cc1ccc([Se]c2c(-c3ccccc3)oc3ccc(Cl)cc3c2=O)cc1. The van der Waals surface area contributed by atoms with Crippen LogP contribution in [0, 0.1) is 6.92 Å². The summed E-state index contributed by atoms with van der Waals surface area (Å²) in [6.45, 7) is 2.05.